The molecular weight excluding hydrogens is 192 g/mol. The number of aliphatic hydroxyl groups is 1. The summed E-state index contributed by atoms with van der Waals surface area (Å²) in [4.78, 5) is 13.9. The molecule has 0 bridgehead atoms. The summed E-state index contributed by atoms with van der Waals surface area (Å²) in [6.07, 6.45) is 2.18. The van der Waals surface area contributed by atoms with E-state index in [1.165, 1.54) is 0 Å². The van der Waals surface area contributed by atoms with Crippen LogP contribution in [-0.4, -0.2) is 47.7 Å². The van der Waals surface area contributed by atoms with Crippen LogP contribution in [0.2, 0.25) is 0 Å². The fraction of sp³-hybridized carbons (Fsp3) is 0.909. The maximum absolute atomic E-state index is 12.0. The number of amides is 1. The highest BCUT2D eigenvalue weighted by Gasteiger charge is 2.30. The normalized spacial score (nSPS) is 25.5. The van der Waals surface area contributed by atoms with E-state index in [4.69, 9.17) is 0 Å². The molecule has 2 atom stereocenters. The monoisotopic (exact) mass is 214 g/mol. The first-order valence-corrected chi connectivity index (χ1v) is 5.89. The molecule has 0 saturated carbocycles. The van der Waals surface area contributed by atoms with Gasteiger partial charge in [-0.3, -0.25) is 4.79 Å². The van der Waals surface area contributed by atoms with Crippen LogP contribution in [0, 0.1) is 0 Å². The predicted octanol–water partition coefficient (Wildman–Crippen LogP) is 0.358. The topological polar surface area (TPSA) is 52.6 Å². The summed E-state index contributed by atoms with van der Waals surface area (Å²) < 4.78 is 0. The molecule has 1 rings (SSSR count). The Bertz CT molecular complexity index is 203. The molecule has 15 heavy (non-hydrogen) atoms. The van der Waals surface area contributed by atoms with Crippen molar-refractivity contribution in [2.24, 2.45) is 0 Å². The lowest BCUT2D eigenvalue weighted by Gasteiger charge is -2.24. The molecular formula is C11H22N2O2. The molecule has 0 radical (unpaired) electrons. The van der Waals surface area contributed by atoms with Crippen LogP contribution in [0.3, 0.4) is 0 Å². The molecule has 1 fully saturated rings. The van der Waals surface area contributed by atoms with Gasteiger partial charge in [-0.2, -0.15) is 0 Å². The number of nitrogens with one attached hydrogen (secondary N) is 1. The van der Waals surface area contributed by atoms with Gasteiger partial charge in [0.15, 0.2) is 0 Å². The summed E-state index contributed by atoms with van der Waals surface area (Å²) in [5.74, 6) is 0.148. The first-order valence-electron chi connectivity index (χ1n) is 5.89. The number of carbonyl (C=O) groups excluding carboxylic acids is 1. The Morgan fingerprint density at radius 3 is 2.40 bits per heavy atom. The zero-order chi connectivity index (χ0) is 11.3. The molecule has 0 aliphatic carbocycles. The van der Waals surface area contributed by atoms with Crippen molar-refractivity contribution >= 4 is 5.91 Å². The quantitative estimate of drug-likeness (QED) is 0.694. The van der Waals surface area contributed by atoms with Crippen molar-refractivity contribution in [3.05, 3.63) is 0 Å². The minimum atomic E-state index is -0.357. The number of rotatable bonds is 5. The second-order valence-electron chi connectivity index (χ2n) is 4.18. The van der Waals surface area contributed by atoms with E-state index in [1.807, 2.05) is 4.90 Å². The molecule has 1 heterocycles. The molecule has 0 aromatic carbocycles. The van der Waals surface area contributed by atoms with Crippen LogP contribution in [0.4, 0.5) is 0 Å². The number of hydrogen-bond acceptors (Lipinski definition) is 3. The van der Waals surface area contributed by atoms with E-state index >= 15 is 0 Å². The standard InChI is InChI=1S/C11H22N2O2/c1-3-5-13(6-4-2)11(15)10-7-9(14)8-12-10/h9-10,12,14H,3-8H2,1-2H3/t9-,10+/m0/s1. The molecule has 1 aliphatic heterocycles. The van der Waals surface area contributed by atoms with Crippen LogP contribution < -0.4 is 5.32 Å². The van der Waals surface area contributed by atoms with Crippen molar-refractivity contribution in [2.45, 2.75) is 45.3 Å². The maximum Gasteiger partial charge on any atom is 0.239 e. The Kier molecular flexibility index (Phi) is 5.05. The lowest BCUT2D eigenvalue weighted by molar-refractivity contribution is -0.133. The van der Waals surface area contributed by atoms with Gasteiger partial charge in [0, 0.05) is 19.6 Å². The summed E-state index contributed by atoms with van der Waals surface area (Å²) in [6.45, 7) is 6.34. The zero-order valence-electron chi connectivity index (χ0n) is 9.70. The third-order valence-corrected chi connectivity index (χ3v) is 2.70. The SMILES string of the molecule is CCCN(CCC)C(=O)[C@H]1C[C@H](O)CN1. The molecule has 88 valence electrons. The van der Waals surface area contributed by atoms with Gasteiger partial charge in [0.25, 0.3) is 0 Å². The predicted molar refractivity (Wildman–Crippen MR) is 59.6 cm³/mol. The van der Waals surface area contributed by atoms with Gasteiger partial charge in [-0.15, -0.1) is 0 Å². The number of hydrogen-bond donors (Lipinski definition) is 2. The molecule has 4 heteroatoms. The van der Waals surface area contributed by atoms with E-state index in [2.05, 4.69) is 19.2 Å². The van der Waals surface area contributed by atoms with E-state index in [0.717, 1.165) is 25.9 Å². The summed E-state index contributed by atoms with van der Waals surface area (Å²) in [7, 11) is 0. The second kappa shape index (κ2) is 6.08. The molecule has 1 amide bonds. The van der Waals surface area contributed by atoms with E-state index < -0.39 is 0 Å². The Morgan fingerprint density at radius 2 is 2.00 bits per heavy atom. The van der Waals surface area contributed by atoms with Crippen molar-refractivity contribution in [2.75, 3.05) is 19.6 Å². The summed E-state index contributed by atoms with van der Waals surface area (Å²) in [5, 5.41) is 12.4. The maximum atomic E-state index is 12.0. The second-order valence-corrected chi connectivity index (χ2v) is 4.18. The highest BCUT2D eigenvalue weighted by Crippen LogP contribution is 2.10. The molecule has 0 spiro atoms. The van der Waals surface area contributed by atoms with Gasteiger partial charge in [-0.05, 0) is 19.3 Å². The number of carbonyl (C=O) groups is 1. The van der Waals surface area contributed by atoms with Gasteiger partial charge < -0.3 is 15.3 Å². The molecule has 2 N–H and O–H groups in total. The van der Waals surface area contributed by atoms with E-state index in [1.54, 1.807) is 0 Å². The average molecular weight is 214 g/mol. The largest absolute Gasteiger partial charge is 0.392 e. The van der Waals surface area contributed by atoms with Gasteiger partial charge in [-0.25, -0.2) is 0 Å². The van der Waals surface area contributed by atoms with Crippen LogP contribution in [0.1, 0.15) is 33.1 Å². The Labute approximate surface area is 91.6 Å². The van der Waals surface area contributed by atoms with Crippen molar-refractivity contribution in [3.63, 3.8) is 0 Å². The summed E-state index contributed by atoms with van der Waals surface area (Å²) >= 11 is 0. The van der Waals surface area contributed by atoms with Gasteiger partial charge in [0.1, 0.15) is 0 Å². The number of β-amino-alcohol motifs (C(OH)–C–C–N with tert-alkyl or cyclic N) is 1. The zero-order valence-corrected chi connectivity index (χ0v) is 9.70. The lowest BCUT2D eigenvalue weighted by Crippen LogP contribution is -2.44. The minimum absolute atomic E-state index is 0.148. The lowest BCUT2D eigenvalue weighted by atomic mass is 10.1. The van der Waals surface area contributed by atoms with Crippen molar-refractivity contribution in [1.82, 2.24) is 10.2 Å². The number of aliphatic hydroxyl groups excluding tert-OH is 1. The Morgan fingerprint density at radius 1 is 1.40 bits per heavy atom. The van der Waals surface area contributed by atoms with E-state index in [-0.39, 0.29) is 18.1 Å². The van der Waals surface area contributed by atoms with E-state index in [0.29, 0.717) is 13.0 Å². The first-order chi connectivity index (χ1) is 7.19. The molecule has 4 nitrogen and oxygen atoms in total. The fourth-order valence-corrected chi connectivity index (χ4v) is 2.00. The van der Waals surface area contributed by atoms with Gasteiger partial charge in [0.2, 0.25) is 5.91 Å². The van der Waals surface area contributed by atoms with Crippen LogP contribution in [-0.2, 0) is 4.79 Å². The van der Waals surface area contributed by atoms with Crippen LogP contribution in [0.5, 0.6) is 0 Å². The van der Waals surface area contributed by atoms with E-state index in [9.17, 15) is 9.90 Å². The fourth-order valence-electron chi connectivity index (χ4n) is 2.00. The molecule has 1 aliphatic rings. The average Bonchev–Trinajstić information content (AvgIpc) is 2.63. The van der Waals surface area contributed by atoms with Gasteiger partial charge >= 0.3 is 0 Å². The van der Waals surface area contributed by atoms with Crippen molar-refractivity contribution in [1.29, 1.82) is 0 Å². The molecule has 0 unspecified atom stereocenters. The molecule has 1 saturated heterocycles. The Balaban J connectivity index is 2.47. The van der Waals surface area contributed by atoms with Crippen LogP contribution in [0.25, 0.3) is 0 Å². The first kappa shape index (κ1) is 12.5. The van der Waals surface area contributed by atoms with Crippen molar-refractivity contribution in [3.8, 4) is 0 Å². The smallest absolute Gasteiger partial charge is 0.239 e. The van der Waals surface area contributed by atoms with Gasteiger partial charge in [0.05, 0.1) is 12.1 Å². The van der Waals surface area contributed by atoms with Crippen LogP contribution >= 0.6 is 0 Å². The van der Waals surface area contributed by atoms with Crippen molar-refractivity contribution < 1.29 is 9.90 Å². The third-order valence-electron chi connectivity index (χ3n) is 2.70. The highest BCUT2D eigenvalue weighted by molar-refractivity contribution is 5.82. The third kappa shape index (κ3) is 3.47. The summed E-state index contributed by atoms with van der Waals surface area (Å²) in [5.41, 5.74) is 0. The van der Waals surface area contributed by atoms with Crippen LogP contribution in [0.15, 0.2) is 0 Å². The highest BCUT2D eigenvalue weighted by atomic mass is 16.3. The van der Waals surface area contributed by atoms with Gasteiger partial charge in [-0.1, -0.05) is 13.8 Å². The minimum Gasteiger partial charge on any atom is -0.392 e. The molecule has 0 aromatic heterocycles. The summed E-state index contributed by atoms with van der Waals surface area (Å²) in [6, 6.07) is -0.168. The Hall–Kier alpha value is -0.610. The number of nitrogens with zero attached hydrogens (tertiary/aromatic N) is 1. The molecule has 0 aromatic rings.